The molecule has 1 aromatic rings. The fourth-order valence-corrected chi connectivity index (χ4v) is 4.50. The van der Waals surface area contributed by atoms with Crippen molar-refractivity contribution in [3.8, 4) is 0 Å². The van der Waals surface area contributed by atoms with Gasteiger partial charge in [-0.15, -0.1) is 6.58 Å². The predicted molar refractivity (Wildman–Crippen MR) is 124 cm³/mol. The summed E-state index contributed by atoms with van der Waals surface area (Å²) in [4.78, 5) is 35.5. The van der Waals surface area contributed by atoms with Crippen LogP contribution in [0.25, 0.3) is 0 Å². The molecule has 39 heavy (non-hydrogen) atoms. The molecule has 0 amide bonds. The number of hydrogen-bond acceptors (Lipinski definition) is 7. The van der Waals surface area contributed by atoms with Crippen LogP contribution in [0.1, 0.15) is 25.3 Å². The van der Waals surface area contributed by atoms with Crippen molar-refractivity contribution in [2.24, 2.45) is 18.4 Å². The Morgan fingerprint density at radius 1 is 1.13 bits per heavy atom. The molecule has 10 nitrogen and oxygen atoms in total. The lowest BCUT2D eigenvalue weighted by Gasteiger charge is -2.31. The number of carbonyl (C=O) groups is 3. The second kappa shape index (κ2) is 14.3. The number of rotatable bonds is 6. The van der Waals surface area contributed by atoms with Crippen LogP contribution in [0.2, 0.25) is 0 Å². The number of aryl methyl sites for hydroxylation is 1. The first-order valence-corrected chi connectivity index (χ1v) is 11.8. The topological polar surface area (TPSA) is 125 Å². The van der Waals surface area contributed by atoms with Gasteiger partial charge in [0.2, 0.25) is 0 Å². The van der Waals surface area contributed by atoms with Gasteiger partial charge in [0, 0.05) is 57.4 Å². The minimum Gasteiger partial charge on any atom is -0.475 e. The van der Waals surface area contributed by atoms with E-state index in [1.54, 1.807) is 0 Å². The molecular weight excluding hydrogens is 542 g/mol. The third-order valence-electron chi connectivity index (χ3n) is 6.06. The van der Waals surface area contributed by atoms with Crippen LogP contribution in [-0.2, 0) is 32.7 Å². The third kappa shape index (κ3) is 10.5. The zero-order valence-corrected chi connectivity index (χ0v) is 21.5. The smallest absolute Gasteiger partial charge is 0.475 e. The fraction of sp³-hybridized carbons (Fsp3) is 0.652. The van der Waals surface area contributed by atoms with Crippen LogP contribution in [0.3, 0.4) is 0 Å². The van der Waals surface area contributed by atoms with E-state index in [4.69, 9.17) is 24.5 Å². The molecular formula is C23H32F6N4O6. The van der Waals surface area contributed by atoms with Crippen molar-refractivity contribution in [3.63, 3.8) is 0 Å². The summed E-state index contributed by atoms with van der Waals surface area (Å²) in [6, 6.07) is 0. The number of likely N-dealkylation sites (tertiary alicyclic amines) is 2. The number of alkyl halides is 6. The molecule has 222 valence electrons. The highest BCUT2D eigenvalue weighted by molar-refractivity contribution is 5.78. The molecule has 2 saturated heterocycles. The Bertz CT molecular complexity index is 959. The summed E-state index contributed by atoms with van der Waals surface area (Å²) in [6.45, 7) is 11.6. The van der Waals surface area contributed by atoms with Crippen LogP contribution in [0.5, 0.6) is 0 Å². The number of aromatic nitrogens is 2. The molecule has 2 aliphatic heterocycles. The minimum atomic E-state index is -5.08. The predicted octanol–water partition coefficient (Wildman–Crippen LogP) is 2.95. The zero-order valence-electron chi connectivity index (χ0n) is 21.5. The van der Waals surface area contributed by atoms with Crippen LogP contribution in [0, 0.1) is 11.3 Å². The molecule has 3 rings (SSSR count). The normalized spacial score (nSPS) is 21.8. The number of ether oxygens (including phenoxy) is 1. The van der Waals surface area contributed by atoms with Crippen molar-refractivity contribution in [1.82, 2.24) is 19.6 Å². The lowest BCUT2D eigenvalue weighted by molar-refractivity contribution is -0.193. The highest BCUT2D eigenvalue weighted by atomic mass is 19.4. The molecule has 0 unspecified atom stereocenters. The zero-order chi connectivity index (χ0) is 30.0. The van der Waals surface area contributed by atoms with Gasteiger partial charge in [-0.2, -0.15) is 31.4 Å². The molecule has 0 aliphatic carbocycles. The highest BCUT2D eigenvalue weighted by Crippen LogP contribution is 2.43. The van der Waals surface area contributed by atoms with Gasteiger partial charge in [0.25, 0.3) is 0 Å². The quantitative estimate of drug-likeness (QED) is 0.300. The third-order valence-corrected chi connectivity index (χ3v) is 6.06. The lowest BCUT2D eigenvalue weighted by Crippen LogP contribution is -2.42. The average molecular weight is 575 g/mol. The number of aliphatic carboxylic acids is 2. The van der Waals surface area contributed by atoms with Crippen molar-refractivity contribution in [3.05, 3.63) is 30.6 Å². The first-order chi connectivity index (χ1) is 18.0. The van der Waals surface area contributed by atoms with Crippen molar-refractivity contribution in [1.29, 1.82) is 0 Å². The second-order valence-electron chi connectivity index (χ2n) is 9.02. The van der Waals surface area contributed by atoms with Crippen LogP contribution < -0.4 is 0 Å². The van der Waals surface area contributed by atoms with E-state index in [9.17, 15) is 31.1 Å². The number of halogens is 6. The number of carboxylic acid groups (broad SMARTS) is 2. The molecule has 2 aliphatic rings. The van der Waals surface area contributed by atoms with Crippen molar-refractivity contribution < 1.29 is 55.7 Å². The van der Waals surface area contributed by atoms with Gasteiger partial charge in [0.05, 0.1) is 18.2 Å². The standard InChI is InChI=1S/C19H30N4O2.2C2HF3O2/c1-4-8-23-14-17-13-22(12-16-10-20-21(3)11-16)9-6-7-19(17,15-23)18(24)25-5-2;2*3-2(4,5)1(6)7/h4,10-11,17H,1,5-9,12-15H2,2-3H3;2*(H,6,7)/t17-,19-;;/m0../s1. The molecule has 0 radical (unpaired) electrons. The average Bonchev–Trinajstić information content (AvgIpc) is 3.32. The van der Waals surface area contributed by atoms with Crippen LogP contribution >= 0.6 is 0 Å². The van der Waals surface area contributed by atoms with Gasteiger partial charge in [-0.1, -0.05) is 6.08 Å². The highest BCUT2D eigenvalue weighted by Gasteiger charge is 2.53. The van der Waals surface area contributed by atoms with Crippen molar-refractivity contribution >= 4 is 17.9 Å². The van der Waals surface area contributed by atoms with E-state index < -0.39 is 24.3 Å². The maximum absolute atomic E-state index is 12.9. The number of carboxylic acids is 2. The Balaban J connectivity index is 0.000000449. The van der Waals surface area contributed by atoms with Gasteiger partial charge in [0.15, 0.2) is 0 Å². The number of fused-ring (bicyclic) bond motifs is 1. The summed E-state index contributed by atoms with van der Waals surface area (Å²) in [5.41, 5.74) is 0.870. The molecule has 0 aromatic carbocycles. The summed E-state index contributed by atoms with van der Waals surface area (Å²) < 4.78 is 70.8. The Morgan fingerprint density at radius 2 is 1.67 bits per heavy atom. The van der Waals surface area contributed by atoms with Gasteiger partial charge < -0.3 is 14.9 Å². The van der Waals surface area contributed by atoms with E-state index >= 15 is 0 Å². The van der Waals surface area contributed by atoms with E-state index in [0.717, 1.165) is 52.1 Å². The maximum Gasteiger partial charge on any atom is 0.490 e. The number of carbonyl (C=O) groups excluding carboxylic acids is 1. The van der Waals surface area contributed by atoms with E-state index in [1.807, 2.05) is 30.9 Å². The Labute approximate surface area is 220 Å². The van der Waals surface area contributed by atoms with Crippen molar-refractivity contribution in [2.45, 2.75) is 38.7 Å². The minimum absolute atomic E-state index is 0.00482. The van der Waals surface area contributed by atoms with E-state index in [-0.39, 0.29) is 11.4 Å². The lowest BCUT2D eigenvalue weighted by atomic mass is 9.75. The Morgan fingerprint density at radius 3 is 2.10 bits per heavy atom. The summed E-state index contributed by atoms with van der Waals surface area (Å²) in [5.74, 6) is -5.21. The van der Waals surface area contributed by atoms with Crippen LogP contribution in [0.15, 0.2) is 25.0 Å². The molecule has 16 heteroatoms. The molecule has 0 saturated carbocycles. The number of hydrogen-bond donors (Lipinski definition) is 2. The molecule has 2 atom stereocenters. The Hall–Kier alpha value is -3.14. The summed E-state index contributed by atoms with van der Waals surface area (Å²) in [6.07, 6.45) is -2.30. The van der Waals surface area contributed by atoms with E-state index in [2.05, 4.69) is 27.7 Å². The van der Waals surface area contributed by atoms with Crippen LogP contribution in [0.4, 0.5) is 26.3 Å². The second-order valence-corrected chi connectivity index (χ2v) is 9.02. The monoisotopic (exact) mass is 574 g/mol. The molecule has 0 bridgehead atoms. The number of esters is 1. The SMILES string of the molecule is C=CCN1C[C@@H]2CN(Cc3cnn(C)c3)CCC[C@]2(C(=O)OCC)C1.O=C(O)C(F)(F)F.O=C(O)C(F)(F)F. The van der Waals surface area contributed by atoms with Gasteiger partial charge in [-0.05, 0) is 26.3 Å². The molecule has 0 spiro atoms. The van der Waals surface area contributed by atoms with E-state index in [1.165, 1.54) is 5.56 Å². The molecule has 1 aromatic heterocycles. The van der Waals surface area contributed by atoms with Crippen LogP contribution in [-0.4, -0.2) is 99.4 Å². The first-order valence-electron chi connectivity index (χ1n) is 11.8. The summed E-state index contributed by atoms with van der Waals surface area (Å²) >= 11 is 0. The Kier molecular flexibility index (Phi) is 12.4. The van der Waals surface area contributed by atoms with Crippen molar-refractivity contribution in [2.75, 3.05) is 39.3 Å². The first kappa shape index (κ1) is 33.9. The largest absolute Gasteiger partial charge is 0.490 e. The van der Waals surface area contributed by atoms with Gasteiger partial charge in [-0.3, -0.25) is 19.3 Å². The van der Waals surface area contributed by atoms with Gasteiger partial charge in [-0.25, -0.2) is 9.59 Å². The summed E-state index contributed by atoms with van der Waals surface area (Å²) in [7, 11) is 1.95. The number of nitrogens with zero attached hydrogens (tertiary/aromatic N) is 4. The molecule has 3 heterocycles. The molecule has 2 N–H and O–H groups in total. The fourth-order valence-electron chi connectivity index (χ4n) is 4.50. The summed E-state index contributed by atoms with van der Waals surface area (Å²) in [5, 5.41) is 18.5. The maximum atomic E-state index is 12.9. The van der Waals surface area contributed by atoms with Gasteiger partial charge in [0.1, 0.15) is 0 Å². The molecule has 2 fully saturated rings. The van der Waals surface area contributed by atoms with Gasteiger partial charge >= 0.3 is 30.3 Å². The van der Waals surface area contributed by atoms with E-state index in [0.29, 0.717) is 12.5 Å².